The Labute approximate surface area is 171 Å². The first-order valence-corrected chi connectivity index (χ1v) is 9.56. The molecule has 0 aliphatic heterocycles. The molecule has 2 aromatic rings. The van der Waals surface area contributed by atoms with Crippen molar-refractivity contribution in [2.24, 2.45) is 0 Å². The first-order valence-electron chi connectivity index (χ1n) is 9.56. The van der Waals surface area contributed by atoms with Gasteiger partial charge in [0.2, 0.25) is 5.91 Å². The predicted molar refractivity (Wildman–Crippen MR) is 105 cm³/mol. The molecule has 1 saturated carbocycles. The van der Waals surface area contributed by atoms with Gasteiger partial charge in [0.15, 0.2) is 0 Å². The highest BCUT2D eigenvalue weighted by Gasteiger charge is 2.40. The summed E-state index contributed by atoms with van der Waals surface area (Å²) in [7, 11) is 0. The lowest BCUT2D eigenvalue weighted by Crippen LogP contribution is -2.44. The van der Waals surface area contributed by atoms with Gasteiger partial charge in [-0.3, -0.25) is 19.7 Å². The maximum atomic E-state index is 14.3. The van der Waals surface area contributed by atoms with Gasteiger partial charge in [0.05, 0.1) is 11.5 Å². The lowest BCUT2D eigenvalue weighted by molar-refractivity contribution is -0.384. The summed E-state index contributed by atoms with van der Waals surface area (Å²) >= 11 is 0. The van der Waals surface area contributed by atoms with Crippen molar-refractivity contribution in [2.75, 3.05) is 13.1 Å². The summed E-state index contributed by atoms with van der Waals surface area (Å²) < 4.78 is 28.7. The van der Waals surface area contributed by atoms with Crippen LogP contribution < -0.4 is 10.6 Å². The van der Waals surface area contributed by atoms with Crippen LogP contribution in [-0.2, 0) is 10.2 Å². The summed E-state index contributed by atoms with van der Waals surface area (Å²) in [6.07, 6.45) is 2.69. The van der Waals surface area contributed by atoms with Gasteiger partial charge in [-0.15, -0.1) is 0 Å². The van der Waals surface area contributed by atoms with E-state index in [1.54, 1.807) is 0 Å². The number of carbonyl (C=O) groups is 2. The highest BCUT2D eigenvalue weighted by molar-refractivity contribution is 5.96. The Morgan fingerprint density at radius 3 is 2.30 bits per heavy atom. The summed E-state index contributed by atoms with van der Waals surface area (Å²) in [5.74, 6) is -2.42. The minimum Gasteiger partial charge on any atom is -0.354 e. The lowest BCUT2D eigenvalue weighted by Gasteiger charge is -2.30. The van der Waals surface area contributed by atoms with Crippen molar-refractivity contribution in [3.05, 3.63) is 75.3 Å². The Bertz CT molecular complexity index is 954. The number of halogens is 2. The first kappa shape index (κ1) is 21.4. The highest BCUT2D eigenvalue weighted by atomic mass is 19.1. The number of hydrogen-bond acceptors (Lipinski definition) is 4. The number of nitro groups is 1. The molecule has 1 aliphatic carbocycles. The summed E-state index contributed by atoms with van der Waals surface area (Å²) in [6, 6.07) is 8.86. The molecular formula is C21H21F2N3O4. The molecule has 1 aliphatic rings. The quantitative estimate of drug-likeness (QED) is 0.533. The van der Waals surface area contributed by atoms with Crippen LogP contribution in [0.2, 0.25) is 0 Å². The van der Waals surface area contributed by atoms with Crippen LogP contribution in [-0.4, -0.2) is 29.8 Å². The van der Waals surface area contributed by atoms with E-state index in [1.807, 2.05) is 0 Å². The fourth-order valence-corrected chi connectivity index (χ4v) is 3.93. The number of amides is 2. The molecule has 2 amide bonds. The van der Waals surface area contributed by atoms with Gasteiger partial charge in [0, 0.05) is 35.2 Å². The SMILES string of the molecule is O=C(CNC(=O)c1cccc([N+](=O)[O-])c1)NCC1(c2c(F)cccc2F)CCCC1. The van der Waals surface area contributed by atoms with Gasteiger partial charge in [-0.2, -0.15) is 0 Å². The average Bonchev–Trinajstić information content (AvgIpc) is 3.20. The number of nitrogens with zero attached hydrogens (tertiary/aromatic N) is 1. The van der Waals surface area contributed by atoms with E-state index >= 15 is 0 Å². The maximum Gasteiger partial charge on any atom is 0.270 e. The molecule has 1 fully saturated rings. The third kappa shape index (κ3) is 4.61. The van der Waals surface area contributed by atoms with E-state index in [-0.39, 0.29) is 29.9 Å². The van der Waals surface area contributed by atoms with Crippen LogP contribution in [0.3, 0.4) is 0 Å². The van der Waals surface area contributed by atoms with Gasteiger partial charge in [-0.1, -0.05) is 25.0 Å². The minimum absolute atomic E-state index is 0.0107. The van der Waals surface area contributed by atoms with E-state index in [4.69, 9.17) is 0 Å². The van der Waals surface area contributed by atoms with Gasteiger partial charge >= 0.3 is 0 Å². The highest BCUT2D eigenvalue weighted by Crippen LogP contribution is 2.42. The summed E-state index contributed by atoms with van der Waals surface area (Å²) in [4.78, 5) is 34.6. The summed E-state index contributed by atoms with van der Waals surface area (Å²) in [6.45, 7) is -0.312. The van der Waals surface area contributed by atoms with Crippen LogP contribution >= 0.6 is 0 Å². The minimum atomic E-state index is -0.824. The van der Waals surface area contributed by atoms with Crippen LogP contribution in [0.25, 0.3) is 0 Å². The van der Waals surface area contributed by atoms with Gasteiger partial charge in [-0.25, -0.2) is 8.78 Å². The number of carbonyl (C=O) groups excluding carboxylic acids is 2. The molecule has 0 unspecified atom stereocenters. The van der Waals surface area contributed by atoms with Crippen LogP contribution in [0, 0.1) is 21.7 Å². The van der Waals surface area contributed by atoms with Crippen molar-refractivity contribution in [3.63, 3.8) is 0 Å². The second kappa shape index (κ2) is 8.98. The van der Waals surface area contributed by atoms with E-state index in [9.17, 15) is 28.5 Å². The van der Waals surface area contributed by atoms with E-state index in [0.717, 1.165) is 18.9 Å². The standard InChI is InChI=1S/C21H21F2N3O4/c22-16-7-4-8-17(23)19(16)21(9-1-2-10-21)13-25-18(27)12-24-20(28)14-5-3-6-15(11-14)26(29)30/h3-8,11H,1-2,9-10,12-13H2,(H,24,28)(H,25,27). The van der Waals surface area contributed by atoms with Crippen LogP contribution in [0.1, 0.15) is 41.6 Å². The molecule has 158 valence electrons. The molecule has 0 heterocycles. The van der Waals surface area contributed by atoms with Gasteiger partial charge in [0.25, 0.3) is 11.6 Å². The van der Waals surface area contributed by atoms with Crippen molar-refractivity contribution >= 4 is 17.5 Å². The number of nitrogens with one attached hydrogen (secondary N) is 2. The largest absolute Gasteiger partial charge is 0.354 e. The van der Waals surface area contributed by atoms with Gasteiger partial charge < -0.3 is 10.6 Å². The van der Waals surface area contributed by atoms with Crippen LogP contribution in [0.5, 0.6) is 0 Å². The number of hydrogen-bond donors (Lipinski definition) is 2. The molecule has 0 aromatic heterocycles. The monoisotopic (exact) mass is 417 g/mol. The topological polar surface area (TPSA) is 101 Å². The number of benzene rings is 2. The van der Waals surface area contributed by atoms with Crippen molar-refractivity contribution in [2.45, 2.75) is 31.1 Å². The molecule has 0 saturated heterocycles. The Morgan fingerprint density at radius 2 is 1.67 bits per heavy atom. The second-order valence-electron chi connectivity index (χ2n) is 7.35. The molecule has 9 heteroatoms. The Hall–Kier alpha value is -3.36. The van der Waals surface area contributed by atoms with E-state index in [2.05, 4.69) is 10.6 Å². The van der Waals surface area contributed by atoms with Gasteiger partial charge in [-0.05, 0) is 31.0 Å². The van der Waals surface area contributed by atoms with Crippen molar-refractivity contribution < 1.29 is 23.3 Å². The molecule has 30 heavy (non-hydrogen) atoms. The zero-order valence-electron chi connectivity index (χ0n) is 16.1. The molecule has 2 aromatic carbocycles. The molecule has 3 rings (SSSR count). The fourth-order valence-electron chi connectivity index (χ4n) is 3.93. The summed E-state index contributed by atoms with van der Waals surface area (Å²) in [5.41, 5.74) is -1.02. The second-order valence-corrected chi connectivity index (χ2v) is 7.35. The van der Waals surface area contributed by atoms with Crippen LogP contribution in [0.15, 0.2) is 42.5 Å². The normalized spacial score (nSPS) is 14.9. The maximum absolute atomic E-state index is 14.3. The third-order valence-corrected chi connectivity index (χ3v) is 5.41. The molecule has 7 nitrogen and oxygen atoms in total. The Morgan fingerprint density at radius 1 is 1.03 bits per heavy atom. The number of non-ortho nitro benzene ring substituents is 1. The number of rotatable bonds is 7. The smallest absolute Gasteiger partial charge is 0.270 e. The van der Waals surface area contributed by atoms with E-state index in [0.29, 0.717) is 12.8 Å². The molecular weight excluding hydrogens is 396 g/mol. The zero-order valence-corrected chi connectivity index (χ0v) is 16.1. The molecule has 0 atom stereocenters. The molecule has 0 bridgehead atoms. The zero-order chi connectivity index (χ0) is 21.7. The Balaban J connectivity index is 1.61. The molecule has 0 spiro atoms. The predicted octanol–water partition coefficient (Wildman–Crippen LogP) is 3.23. The number of nitro benzene ring substituents is 1. The third-order valence-electron chi connectivity index (χ3n) is 5.41. The van der Waals surface area contributed by atoms with Crippen LogP contribution in [0.4, 0.5) is 14.5 Å². The van der Waals surface area contributed by atoms with Gasteiger partial charge in [0.1, 0.15) is 11.6 Å². The molecule has 0 radical (unpaired) electrons. The van der Waals surface area contributed by atoms with E-state index in [1.165, 1.54) is 36.4 Å². The molecule has 2 N–H and O–H groups in total. The summed E-state index contributed by atoms with van der Waals surface area (Å²) in [5, 5.41) is 15.9. The van der Waals surface area contributed by atoms with Crippen molar-refractivity contribution in [3.8, 4) is 0 Å². The Kier molecular flexibility index (Phi) is 6.39. The lowest BCUT2D eigenvalue weighted by atomic mass is 9.78. The first-order chi connectivity index (χ1) is 14.3. The van der Waals surface area contributed by atoms with Crippen molar-refractivity contribution in [1.82, 2.24) is 10.6 Å². The van der Waals surface area contributed by atoms with E-state index < -0.39 is 33.8 Å². The van der Waals surface area contributed by atoms with Crippen molar-refractivity contribution in [1.29, 1.82) is 0 Å². The fraction of sp³-hybridized carbons (Fsp3) is 0.333. The average molecular weight is 417 g/mol.